The third-order valence-corrected chi connectivity index (χ3v) is 7.24. The number of thiazole rings is 1. The van der Waals surface area contributed by atoms with Gasteiger partial charge in [0.2, 0.25) is 23.5 Å². The number of nitrogens with two attached hydrogens (primary N) is 1. The predicted octanol–water partition coefficient (Wildman–Crippen LogP) is 2.25. The standard InChI is InChI=1S/C29H32N6O4S/c1-2-25(36)35-24(13-18-6-5-7-19(12-18)15-30)28(39)33-17-26(37)34-23(27(38)29-31-10-11-40-29)14-20-16-32-22-9-4-3-8-21(20)22/h3-12,16,23-24,32H,2,13-15,17,30H2,1H3,(H,33,39)(H,34,37)(H,35,36). The van der Waals surface area contributed by atoms with E-state index in [9.17, 15) is 19.2 Å². The second-order valence-electron chi connectivity index (χ2n) is 9.30. The van der Waals surface area contributed by atoms with E-state index in [4.69, 9.17) is 5.73 Å². The van der Waals surface area contributed by atoms with E-state index in [-0.39, 0.29) is 42.5 Å². The van der Waals surface area contributed by atoms with Crippen LogP contribution >= 0.6 is 11.3 Å². The number of fused-ring (bicyclic) bond motifs is 1. The number of hydrogen-bond acceptors (Lipinski definition) is 7. The highest BCUT2D eigenvalue weighted by molar-refractivity contribution is 7.11. The summed E-state index contributed by atoms with van der Waals surface area (Å²) in [6.07, 6.45) is 4.05. The molecule has 2 atom stereocenters. The first-order chi connectivity index (χ1) is 19.4. The van der Waals surface area contributed by atoms with Gasteiger partial charge in [-0.1, -0.05) is 49.4 Å². The molecular weight excluding hydrogens is 528 g/mol. The summed E-state index contributed by atoms with van der Waals surface area (Å²) in [5.41, 5.74) is 9.27. The van der Waals surface area contributed by atoms with E-state index in [2.05, 4.69) is 25.9 Å². The van der Waals surface area contributed by atoms with E-state index in [0.717, 1.165) is 27.6 Å². The van der Waals surface area contributed by atoms with Crippen molar-refractivity contribution in [2.24, 2.45) is 5.73 Å². The van der Waals surface area contributed by atoms with Crippen LogP contribution in [0, 0.1) is 0 Å². The molecular formula is C29H32N6O4S. The molecule has 0 fully saturated rings. The van der Waals surface area contributed by atoms with Crippen LogP contribution in [-0.2, 0) is 33.8 Å². The van der Waals surface area contributed by atoms with Crippen molar-refractivity contribution in [1.82, 2.24) is 25.9 Å². The maximum atomic E-state index is 13.2. The van der Waals surface area contributed by atoms with Gasteiger partial charge in [0.15, 0.2) is 5.01 Å². The highest BCUT2D eigenvalue weighted by Gasteiger charge is 2.27. The lowest BCUT2D eigenvalue weighted by Crippen LogP contribution is -2.51. The highest BCUT2D eigenvalue weighted by atomic mass is 32.1. The summed E-state index contributed by atoms with van der Waals surface area (Å²) >= 11 is 1.20. The molecule has 0 bridgehead atoms. The number of Topliss-reactive ketones (excluding diaryl/α,β-unsaturated/α-hetero) is 1. The molecule has 208 valence electrons. The zero-order valence-electron chi connectivity index (χ0n) is 22.1. The van der Waals surface area contributed by atoms with E-state index in [1.807, 2.05) is 54.7 Å². The summed E-state index contributed by atoms with van der Waals surface area (Å²) in [7, 11) is 0. The second-order valence-corrected chi connectivity index (χ2v) is 10.2. The van der Waals surface area contributed by atoms with E-state index in [1.165, 1.54) is 17.5 Å². The number of para-hydroxylation sites is 1. The van der Waals surface area contributed by atoms with Crippen molar-refractivity contribution < 1.29 is 19.2 Å². The molecule has 2 aromatic carbocycles. The molecule has 0 saturated carbocycles. The van der Waals surface area contributed by atoms with Crippen LogP contribution in [0.2, 0.25) is 0 Å². The second kappa shape index (κ2) is 13.6. The lowest BCUT2D eigenvalue weighted by molar-refractivity contribution is -0.130. The average molecular weight is 561 g/mol. The predicted molar refractivity (Wildman–Crippen MR) is 154 cm³/mol. The van der Waals surface area contributed by atoms with Crippen molar-refractivity contribution in [3.05, 3.63) is 88.0 Å². The zero-order valence-corrected chi connectivity index (χ0v) is 22.9. The monoisotopic (exact) mass is 560 g/mol. The molecule has 0 aliphatic heterocycles. The molecule has 0 saturated heterocycles. The first-order valence-electron chi connectivity index (χ1n) is 13.0. The molecule has 10 nitrogen and oxygen atoms in total. The third-order valence-electron chi connectivity index (χ3n) is 6.46. The lowest BCUT2D eigenvalue weighted by Gasteiger charge is -2.20. The minimum atomic E-state index is -0.885. The molecule has 40 heavy (non-hydrogen) atoms. The number of H-pyrrole nitrogens is 1. The normalized spacial score (nSPS) is 12.4. The molecule has 0 spiro atoms. The number of nitrogens with zero attached hydrogens (tertiary/aromatic N) is 1. The van der Waals surface area contributed by atoms with Crippen molar-refractivity contribution in [2.75, 3.05) is 6.54 Å². The molecule has 2 unspecified atom stereocenters. The first-order valence-corrected chi connectivity index (χ1v) is 13.9. The van der Waals surface area contributed by atoms with Crippen LogP contribution in [0.1, 0.15) is 39.8 Å². The minimum Gasteiger partial charge on any atom is -0.361 e. The number of benzene rings is 2. The molecule has 6 N–H and O–H groups in total. The largest absolute Gasteiger partial charge is 0.361 e. The average Bonchev–Trinajstić information content (AvgIpc) is 3.66. The quantitative estimate of drug-likeness (QED) is 0.158. The first kappa shape index (κ1) is 28.7. The van der Waals surface area contributed by atoms with Gasteiger partial charge in [-0.05, 0) is 22.8 Å². The van der Waals surface area contributed by atoms with Gasteiger partial charge in [0.1, 0.15) is 6.04 Å². The highest BCUT2D eigenvalue weighted by Crippen LogP contribution is 2.20. The summed E-state index contributed by atoms with van der Waals surface area (Å²) in [4.78, 5) is 58.7. The van der Waals surface area contributed by atoms with Crippen molar-refractivity contribution in [3.8, 4) is 0 Å². The van der Waals surface area contributed by atoms with Gasteiger partial charge in [-0.3, -0.25) is 19.2 Å². The Bertz CT molecular complexity index is 1480. The number of nitrogens with one attached hydrogen (secondary N) is 4. The van der Waals surface area contributed by atoms with Crippen LogP contribution in [0.4, 0.5) is 0 Å². The van der Waals surface area contributed by atoms with Crippen molar-refractivity contribution >= 4 is 45.7 Å². The van der Waals surface area contributed by atoms with Gasteiger partial charge in [-0.2, -0.15) is 0 Å². The molecule has 4 rings (SSSR count). The fourth-order valence-corrected chi connectivity index (χ4v) is 5.02. The summed E-state index contributed by atoms with van der Waals surface area (Å²) < 4.78 is 0. The van der Waals surface area contributed by atoms with E-state index in [0.29, 0.717) is 6.54 Å². The van der Waals surface area contributed by atoms with Gasteiger partial charge in [0, 0.05) is 54.5 Å². The van der Waals surface area contributed by atoms with Gasteiger partial charge in [0.05, 0.1) is 12.6 Å². The Labute approximate surface area is 235 Å². The fourth-order valence-electron chi connectivity index (χ4n) is 4.38. The summed E-state index contributed by atoms with van der Waals surface area (Å²) in [5, 5.41) is 11.0. The van der Waals surface area contributed by atoms with Crippen LogP contribution in [0.15, 0.2) is 66.3 Å². The molecule has 0 radical (unpaired) electrons. The number of aromatic amines is 1. The molecule has 11 heteroatoms. The van der Waals surface area contributed by atoms with Crippen molar-refractivity contribution in [1.29, 1.82) is 0 Å². The summed E-state index contributed by atoms with van der Waals surface area (Å²) in [6, 6.07) is 13.4. The van der Waals surface area contributed by atoms with Crippen LogP contribution in [0.3, 0.4) is 0 Å². The number of hydrogen-bond donors (Lipinski definition) is 5. The molecule has 0 aliphatic carbocycles. The minimum absolute atomic E-state index is 0.210. The lowest BCUT2D eigenvalue weighted by atomic mass is 10.0. The van der Waals surface area contributed by atoms with Crippen molar-refractivity contribution in [3.63, 3.8) is 0 Å². The van der Waals surface area contributed by atoms with Crippen LogP contribution in [0.25, 0.3) is 10.9 Å². The Balaban J connectivity index is 1.44. The van der Waals surface area contributed by atoms with Gasteiger partial charge >= 0.3 is 0 Å². The number of ketones is 1. The van der Waals surface area contributed by atoms with Crippen LogP contribution in [0.5, 0.6) is 0 Å². The summed E-state index contributed by atoms with van der Waals surface area (Å²) in [5.74, 6) is -1.64. The number of aromatic nitrogens is 2. The Hall–Kier alpha value is -4.35. The third kappa shape index (κ3) is 7.39. The molecule has 2 heterocycles. The number of carbonyl (C=O) groups is 4. The SMILES string of the molecule is CCC(=O)NC(Cc1cccc(CN)c1)C(=O)NCC(=O)NC(Cc1c[nH]c2ccccc12)C(=O)c1nccs1. The Kier molecular flexibility index (Phi) is 9.76. The van der Waals surface area contributed by atoms with Gasteiger partial charge < -0.3 is 26.7 Å². The molecule has 0 aliphatic rings. The number of rotatable bonds is 13. The maximum Gasteiger partial charge on any atom is 0.243 e. The van der Waals surface area contributed by atoms with Crippen LogP contribution < -0.4 is 21.7 Å². The summed E-state index contributed by atoms with van der Waals surface area (Å²) in [6.45, 7) is 1.68. The van der Waals surface area contributed by atoms with E-state index >= 15 is 0 Å². The Morgan fingerprint density at radius 1 is 0.975 bits per heavy atom. The van der Waals surface area contributed by atoms with E-state index in [1.54, 1.807) is 12.3 Å². The van der Waals surface area contributed by atoms with Crippen LogP contribution in [-0.4, -0.2) is 52.1 Å². The zero-order chi connectivity index (χ0) is 28.5. The Morgan fingerprint density at radius 2 is 1.75 bits per heavy atom. The van der Waals surface area contributed by atoms with Gasteiger partial charge in [-0.15, -0.1) is 11.3 Å². The molecule has 4 aromatic rings. The molecule has 3 amide bonds. The van der Waals surface area contributed by atoms with Gasteiger partial charge in [-0.25, -0.2) is 4.98 Å². The molecule has 2 aromatic heterocycles. The fraction of sp³-hybridized carbons (Fsp3) is 0.276. The number of amides is 3. The van der Waals surface area contributed by atoms with Gasteiger partial charge in [0.25, 0.3) is 0 Å². The van der Waals surface area contributed by atoms with Crippen molar-refractivity contribution in [2.45, 2.75) is 44.8 Å². The number of carbonyl (C=O) groups excluding carboxylic acids is 4. The van der Waals surface area contributed by atoms with E-state index < -0.39 is 23.9 Å². The topological polar surface area (TPSA) is 159 Å². The maximum absolute atomic E-state index is 13.2. The smallest absolute Gasteiger partial charge is 0.243 e. The Morgan fingerprint density at radius 3 is 2.50 bits per heavy atom.